The fraction of sp³-hybridized carbons (Fsp3) is 0.353. The Bertz CT molecular complexity index is 1040. The monoisotopic (exact) mass is 430 g/mol. The molecule has 0 radical (unpaired) electrons. The van der Waals surface area contributed by atoms with Crippen molar-refractivity contribution in [3.05, 3.63) is 40.7 Å². The van der Waals surface area contributed by atoms with Crippen LogP contribution in [0.5, 0.6) is 0 Å². The van der Waals surface area contributed by atoms with Gasteiger partial charge in [-0.2, -0.15) is 13.2 Å². The van der Waals surface area contributed by atoms with Crippen molar-refractivity contribution in [2.24, 2.45) is 4.99 Å². The number of aliphatic imine (C=N–C) groups is 1. The smallest absolute Gasteiger partial charge is 0.363 e. The Kier molecular flexibility index (Phi) is 4.64. The van der Waals surface area contributed by atoms with Crippen LogP contribution in [0.1, 0.15) is 18.4 Å². The van der Waals surface area contributed by atoms with Crippen molar-refractivity contribution in [3.8, 4) is 0 Å². The molecule has 2 aromatic heterocycles. The predicted molar refractivity (Wildman–Crippen MR) is 97.9 cm³/mol. The summed E-state index contributed by atoms with van der Waals surface area (Å²) in [5.74, 6) is -1.37. The average Bonchev–Trinajstić information content (AvgIpc) is 3.32. The topological polar surface area (TPSA) is 94.2 Å². The zero-order valence-corrected chi connectivity index (χ0v) is 15.5. The minimum atomic E-state index is -4.53. The number of carbonyl (C=O) groups excluding carboxylic acids is 1. The second-order valence-electron chi connectivity index (χ2n) is 6.82. The normalized spacial score (nSPS) is 18.3. The molecule has 0 unspecified atom stereocenters. The number of halogens is 5. The fourth-order valence-corrected chi connectivity index (χ4v) is 3.15. The third-order valence-electron chi connectivity index (χ3n) is 4.64. The second-order valence-corrected chi connectivity index (χ2v) is 7.26. The van der Waals surface area contributed by atoms with Crippen LogP contribution >= 0.6 is 11.6 Å². The van der Waals surface area contributed by atoms with E-state index in [1.165, 1.54) is 6.20 Å². The summed E-state index contributed by atoms with van der Waals surface area (Å²) in [7, 11) is 0. The number of aromatic nitrogens is 2. The van der Waals surface area contributed by atoms with Crippen molar-refractivity contribution in [2.75, 3.05) is 13.1 Å². The first-order valence-electron chi connectivity index (χ1n) is 8.64. The van der Waals surface area contributed by atoms with E-state index < -0.39 is 30.0 Å². The predicted octanol–water partition coefficient (Wildman–Crippen LogP) is 2.51. The highest BCUT2D eigenvalue weighted by molar-refractivity contribution is 6.31. The molecule has 154 valence electrons. The third kappa shape index (κ3) is 4.00. The van der Waals surface area contributed by atoms with Crippen molar-refractivity contribution >= 4 is 34.4 Å². The summed E-state index contributed by atoms with van der Waals surface area (Å²) >= 11 is 5.99. The van der Waals surface area contributed by atoms with E-state index in [0.29, 0.717) is 27.5 Å². The van der Waals surface area contributed by atoms with Crippen LogP contribution in [-0.2, 0) is 4.79 Å². The van der Waals surface area contributed by atoms with Gasteiger partial charge < -0.3 is 20.9 Å². The number of amidine groups is 1. The molecule has 1 amide bonds. The maximum atomic E-state index is 14.3. The van der Waals surface area contributed by atoms with Gasteiger partial charge in [-0.05, 0) is 18.9 Å². The summed E-state index contributed by atoms with van der Waals surface area (Å²) in [6.45, 7) is -1.64. The third-order valence-corrected chi connectivity index (χ3v) is 4.84. The van der Waals surface area contributed by atoms with Crippen LogP contribution in [0.25, 0.3) is 11.0 Å². The number of amides is 1. The van der Waals surface area contributed by atoms with E-state index in [2.05, 4.69) is 25.6 Å². The molecule has 0 spiro atoms. The number of rotatable bonds is 5. The van der Waals surface area contributed by atoms with Gasteiger partial charge in [-0.25, -0.2) is 14.4 Å². The molecule has 1 aliphatic carbocycles. The van der Waals surface area contributed by atoms with Gasteiger partial charge in [0, 0.05) is 23.3 Å². The Hall–Kier alpha value is -2.82. The molecule has 1 saturated carbocycles. The quantitative estimate of drug-likeness (QED) is 0.548. The number of hydrogen-bond acceptors (Lipinski definition) is 5. The molecule has 3 heterocycles. The molecule has 0 aromatic carbocycles. The van der Waals surface area contributed by atoms with Gasteiger partial charge in [0.1, 0.15) is 23.6 Å². The number of pyridine rings is 1. The number of hydrogen-bond donors (Lipinski definition) is 4. The number of carbonyl (C=O) groups is 1. The number of H-pyrrole nitrogens is 1. The number of fused-ring (bicyclic) bond motifs is 1. The largest absolute Gasteiger partial charge is 0.405 e. The minimum Gasteiger partial charge on any atom is -0.363 e. The van der Waals surface area contributed by atoms with Crippen molar-refractivity contribution < 1.29 is 22.4 Å². The molecule has 0 atom stereocenters. The molecular weight excluding hydrogens is 416 g/mol. The SMILES string of the molecule is O=C(NCC(F)(F)F)C1(NC2=C(F)CNC(c3c[nH]c4ncc(Cl)cc34)=N2)CC1. The highest BCUT2D eigenvalue weighted by Crippen LogP contribution is 2.37. The van der Waals surface area contributed by atoms with Gasteiger partial charge in [-0.1, -0.05) is 11.6 Å². The Morgan fingerprint density at radius 2 is 2.10 bits per heavy atom. The molecule has 4 N–H and O–H groups in total. The Balaban J connectivity index is 1.57. The van der Waals surface area contributed by atoms with E-state index in [9.17, 15) is 22.4 Å². The molecule has 4 rings (SSSR count). The Labute approximate surface area is 166 Å². The first-order chi connectivity index (χ1) is 13.7. The van der Waals surface area contributed by atoms with E-state index in [-0.39, 0.29) is 25.2 Å². The van der Waals surface area contributed by atoms with Crippen LogP contribution in [0.15, 0.2) is 35.1 Å². The summed E-state index contributed by atoms with van der Waals surface area (Å²) in [4.78, 5) is 23.5. The molecule has 2 aliphatic rings. The van der Waals surface area contributed by atoms with Gasteiger partial charge in [-0.3, -0.25) is 4.79 Å². The van der Waals surface area contributed by atoms with Crippen molar-refractivity contribution in [2.45, 2.75) is 24.6 Å². The second kappa shape index (κ2) is 6.90. The van der Waals surface area contributed by atoms with Crippen LogP contribution in [0, 0.1) is 0 Å². The number of nitrogens with zero attached hydrogens (tertiary/aromatic N) is 2. The highest BCUT2D eigenvalue weighted by atomic mass is 35.5. The first kappa shape index (κ1) is 19.5. The van der Waals surface area contributed by atoms with Crippen LogP contribution in [0.3, 0.4) is 0 Å². The molecule has 0 bridgehead atoms. The van der Waals surface area contributed by atoms with Gasteiger partial charge in [0.25, 0.3) is 0 Å². The number of nitrogens with one attached hydrogen (secondary N) is 4. The summed E-state index contributed by atoms with van der Waals surface area (Å²) in [5.41, 5.74) is -0.147. The zero-order valence-electron chi connectivity index (χ0n) is 14.8. The molecule has 0 saturated heterocycles. The fourth-order valence-electron chi connectivity index (χ4n) is 2.99. The van der Waals surface area contributed by atoms with Gasteiger partial charge in [0.15, 0.2) is 11.6 Å². The molecule has 2 aromatic rings. The molecule has 1 aliphatic heterocycles. The maximum absolute atomic E-state index is 14.3. The Morgan fingerprint density at radius 1 is 1.34 bits per heavy atom. The number of aromatic amines is 1. The van der Waals surface area contributed by atoms with E-state index in [4.69, 9.17) is 11.6 Å². The van der Waals surface area contributed by atoms with Gasteiger partial charge >= 0.3 is 6.18 Å². The molecular formula is C17H15ClF4N6O. The lowest BCUT2D eigenvalue weighted by molar-refractivity contribution is -0.140. The van der Waals surface area contributed by atoms with Crippen molar-refractivity contribution in [1.29, 1.82) is 0 Å². The standard InChI is InChI=1S/C17H15ClF4N6O/c18-8-3-9-10(5-24-12(9)23-4-8)13-25-6-11(19)14(27-13)28-16(1-2-16)15(29)26-7-17(20,21)22/h3-5,28H,1-2,6-7H2,(H,23,24)(H,25,27)(H,26,29). The van der Waals surface area contributed by atoms with Crippen molar-refractivity contribution in [1.82, 2.24) is 25.9 Å². The van der Waals surface area contributed by atoms with E-state index in [0.717, 1.165) is 0 Å². The number of alkyl halides is 3. The van der Waals surface area contributed by atoms with Gasteiger partial charge in [0.05, 0.1) is 11.6 Å². The van der Waals surface area contributed by atoms with E-state index >= 15 is 0 Å². The minimum absolute atomic E-state index is 0.192. The first-order valence-corrected chi connectivity index (χ1v) is 9.02. The van der Waals surface area contributed by atoms with Crippen molar-refractivity contribution in [3.63, 3.8) is 0 Å². The molecule has 29 heavy (non-hydrogen) atoms. The van der Waals surface area contributed by atoms with Crippen LogP contribution in [0.2, 0.25) is 5.02 Å². The zero-order chi connectivity index (χ0) is 20.8. The molecule has 7 nitrogen and oxygen atoms in total. The van der Waals surface area contributed by atoms with Gasteiger partial charge in [-0.15, -0.1) is 0 Å². The molecule has 12 heteroatoms. The van der Waals surface area contributed by atoms with Gasteiger partial charge in [0.2, 0.25) is 5.91 Å². The summed E-state index contributed by atoms with van der Waals surface area (Å²) in [5, 5.41) is 8.43. The highest BCUT2D eigenvalue weighted by Gasteiger charge is 2.51. The van der Waals surface area contributed by atoms with E-state index in [1.807, 2.05) is 5.32 Å². The average molecular weight is 431 g/mol. The van der Waals surface area contributed by atoms with Crippen LogP contribution < -0.4 is 16.0 Å². The van der Waals surface area contributed by atoms with Crippen LogP contribution in [-0.4, -0.2) is 46.5 Å². The summed E-state index contributed by atoms with van der Waals surface area (Å²) < 4.78 is 51.4. The lowest BCUT2D eigenvalue weighted by atomic mass is 10.2. The Morgan fingerprint density at radius 3 is 2.79 bits per heavy atom. The lowest BCUT2D eigenvalue weighted by Gasteiger charge is -2.23. The summed E-state index contributed by atoms with van der Waals surface area (Å²) in [6.07, 6.45) is -0.870. The summed E-state index contributed by atoms with van der Waals surface area (Å²) in [6, 6.07) is 1.68. The maximum Gasteiger partial charge on any atom is 0.405 e. The van der Waals surface area contributed by atoms with Crippen LogP contribution in [0.4, 0.5) is 17.6 Å². The molecule has 1 fully saturated rings. The van der Waals surface area contributed by atoms with E-state index in [1.54, 1.807) is 12.3 Å². The lowest BCUT2D eigenvalue weighted by Crippen LogP contribution is -2.49.